The molecule has 0 aliphatic rings. The van der Waals surface area contributed by atoms with Crippen molar-refractivity contribution in [1.29, 1.82) is 0 Å². The Morgan fingerprint density at radius 3 is 2.35 bits per heavy atom. The van der Waals surface area contributed by atoms with Crippen LogP contribution >= 0.6 is 15.9 Å². The third kappa shape index (κ3) is 13.6. The molecule has 0 saturated heterocycles. The molecule has 26 heavy (non-hydrogen) atoms. The van der Waals surface area contributed by atoms with Crippen molar-refractivity contribution in [2.45, 2.75) is 13.3 Å². The Morgan fingerprint density at radius 1 is 1.08 bits per heavy atom. The molecule has 0 fully saturated rings. The predicted molar refractivity (Wildman–Crippen MR) is 99.8 cm³/mol. The summed E-state index contributed by atoms with van der Waals surface area (Å²) in [7, 11) is 1.72. The van der Waals surface area contributed by atoms with Crippen LogP contribution in [0.1, 0.15) is 12.0 Å². The molecule has 0 saturated carbocycles. The van der Waals surface area contributed by atoms with Gasteiger partial charge in [-0.2, -0.15) is 0 Å². The van der Waals surface area contributed by atoms with Gasteiger partial charge in [-0.1, -0.05) is 15.9 Å². The SMILES string of the molecule is COCCCNCCOCCOc1ccc(Br)cc1C.O=C(O)C(=O)O. The fraction of sp³-hybridized carbons (Fsp3) is 0.529. The van der Waals surface area contributed by atoms with Crippen molar-refractivity contribution in [3.05, 3.63) is 28.2 Å². The van der Waals surface area contributed by atoms with Crippen LogP contribution in [-0.4, -0.2) is 68.8 Å². The highest BCUT2D eigenvalue weighted by Crippen LogP contribution is 2.21. The van der Waals surface area contributed by atoms with Crippen molar-refractivity contribution in [1.82, 2.24) is 5.32 Å². The molecule has 0 bridgehead atoms. The number of carboxylic acids is 2. The number of benzene rings is 1. The molecule has 0 aliphatic carbocycles. The van der Waals surface area contributed by atoms with Crippen molar-refractivity contribution in [3.8, 4) is 5.75 Å². The number of methoxy groups -OCH3 is 1. The number of hydrogen-bond donors (Lipinski definition) is 3. The van der Waals surface area contributed by atoms with Gasteiger partial charge >= 0.3 is 11.9 Å². The van der Waals surface area contributed by atoms with Gasteiger partial charge in [-0.25, -0.2) is 9.59 Å². The molecular weight excluding hydrogens is 410 g/mol. The first-order valence-electron chi connectivity index (χ1n) is 8.01. The summed E-state index contributed by atoms with van der Waals surface area (Å²) in [5.74, 6) is -2.74. The summed E-state index contributed by atoms with van der Waals surface area (Å²) in [4.78, 5) is 18.2. The zero-order valence-corrected chi connectivity index (χ0v) is 16.6. The summed E-state index contributed by atoms with van der Waals surface area (Å²) in [6.45, 7) is 6.54. The molecule has 0 radical (unpaired) electrons. The van der Waals surface area contributed by atoms with E-state index in [9.17, 15) is 0 Å². The van der Waals surface area contributed by atoms with E-state index in [1.165, 1.54) is 0 Å². The predicted octanol–water partition coefficient (Wildman–Crippen LogP) is 1.93. The molecule has 0 aromatic heterocycles. The summed E-state index contributed by atoms with van der Waals surface area (Å²) >= 11 is 3.43. The standard InChI is InChI=1S/C15H24BrNO3.C2H2O4/c1-13-12-14(16)4-5-15(13)20-11-10-19-9-7-17-6-3-8-18-2;3-1(4)2(5)6/h4-5,12,17H,3,6-11H2,1-2H3;(H,3,4)(H,5,6). The summed E-state index contributed by atoms with van der Waals surface area (Å²) in [6.07, 6.45) is 1.03. The summed E-state index contributed by atoms with van der Waals surface area (Å²) in [5.41, 5.74) is 1.12. The molecule has 0 atom stereocenters. The second-order valence-corrected chi connectivity index (χ2v) is 5.99. The van der Waals surface area contributed by atoms with Crippen LogP contribution in [0, 0.1) is 6.92 Å². The molecule has 0 spiro atoms. The third-order valence-electron chi connectivity index (χ3n) is 2.93. The molecule has 0 aliphatic heterocycles. The maximum absolute atomic E-state index is 9.10. The van der Waals surface area contributed by atoms with E-state index in [1.54, 1.807) is 7.11 Å². The molecule has 8 nitrogen and oxygen atoms in total. The smallest absolute Gasteiger partial charge is 0.414 e. The molecule has 1 aromatic rings. The minimum Gasteiger partial charge on any atom is -0.491 e. The lowest BCUT2D eigenvalue weighted by Gasteiger charge is -2.10. The maximum Gasteiger partial charge on any atom is 0.414 e. The zero-order valence-electron chi connectivity index (χ0n) is 15.0. The van der Waals surface area contributed by atoms with Crippen LogP contribution in [0.3, 0.4) is 0 Å². The van der Waals surface area contributed by atoms with E-state index in [1.807, 2.05) is 25.1 Å². The fourth-order valence-electron chi connectivity index (χ4n) is 1.70. The van der Waals surface area contributed by atoms with Gasteiger partial charge in [0.25, 0.3) is 0 Å². The maximum atomic E-state index is 9.10. The van der Waals surface area contributed by atoms with E-state index in [-0.39, 0.29) is 0 Å². The fourth-order valence-corrected chi connectivity index (χ4v) is 2.17. The topological polar surface area (TPSA) is 114 Å². The Balaban J connectivity index is 0.000000896. The van der Waals surface area contributed by atoms with Crippen molar-refractivity contribution in [2.75, 3.05) is 46.6 Å². The lowest BCUT2D eigenvalue weighted by molar-refractivity contribution is -0.159. The highest BCUT2D eigenvalue weighted by atomic mass is 79.9. The van der Waals surface area contributed by atoms with Gasteiger partial charge in [-0.15, -0.1) is 0 Å². The Kier molecular flexibility index (Phi) is 14.6. The van der Waals surface area contributed by atoms with E-state index < -0.39 is 11.9 Å². The number of halogens is 1. The van der Waals surface area contributed by atoms with Gasteiger partial charge < -0.3 is 29.7 Å². The van der Waals surface area contributed by atoms with Crippen molar-refractivity contribution in [3.63, 3.8) is 0 Å². The van der Waals surface area contributed by atoms with Gasteiger partial charge in [0.05, 0.1) is 13.2 Å². The average Bonchev–Trinajstić information content (AvgIpc) is 2.58. The molecule has 148 valence electrons. The monoisotopic (exact) mass is 435 g/mol. The second-order valence-electron chi connectivity index (χ2n) is 5.08. The number of aliphatic carboxylic acids is 2. The lowest BCUT2D eigenvalue weighted by Crippen LogP contribution is -2.22. The van der Waals surface area contributed by atoms with Gasteiger partial charge in [0.1, 0.15) is 12.4 Å². The zero-order chi connectivity index (χ0) is 19.8. The summed E-state index contributed by atoms with van der Waals surface area (Å²) in [5, 5.41) is 18.1. The lowest BCUT2D eigenvalue weighted by atomic mass is 10.2. The highest BCUT2D eigenvalue weighted by molar-refractivity contribution is 9.10. The van der Waals surface area contributed by atoms with Gasteiger partial charge in [-0.3, -0.25) is 0 Å². The van der Waals surface area contributed by atoms with Crippen LogP contribution in [0.2, 0.25) is 0 Å². The van der Waals surface area contributed by atoms with Gasteiger partial charge in [0, 0.05) is 24.7 Å². The number of carbonyl (C=O) groups is 2. The first kappa shape index (κ1) is 24.3. The number of carboxylic acid groups (broad SMARTS) is 2. The molecule has 0 unspecified atom stereocenters. The van der Waals surface area contributed by atoms with Crippen LogP contribution in [0.15, 0.2) is 22.7 Å². The van der Waals surface area contributed by atoms with Crippen LogP contribution in [-0.2, 0) is 19.1 Å². The molecular formula is C17H26BrNO7. The number of ether oxygens (including phenoxy) is 3. The average molecular weight is 436 g/mol. The Bertz CT molecular complexity index is 528. The van der Waals surface area contributed by atoms with Gasteiger partial charge in [-0.05, 0) is 43.7 Å². The van der Waals surface area contributed by atoms with E-state index in [0.717, 1.165) is 41.9 Å². The number of rotatable bonds is 11. The molecule has 9 heteroatoms. The Labute approximate surface area is 161 Å². The van der Waals surface area contributed by atoms with Gasteiger partial charge in [0.15, 0.2) is 0 Å². The van der Waals surface area contributed by atoms with Crippen LogP contribution in [0.4, 0.5) is 0 Å². The highest BCUT2D eigenvalue weighted by Gasteiger charge is 2.04. The van der Waals surface area contributed by atoms with Crippen LogP contribution in [0.25, 0.3) is 0 Å². The number of nitrogens with one attached hydrogen (secondary N) is 1. The van der Waals surface area contributed by atoms with Crippen molar-refractivity contribution < 1.29 is 34.0 Å². The molecule has 3 N–H and O–H groups in total. The van der Waals surface area contributed by atoms with Crippen molar-refractivity contribution in [2.24, 2.45) is 0 Å². The van der Waals surface area contributed by atoms with Crippen LogP contribution < -0.4 is 10.1 Å². The summed E-state index contributed by atoms with van der Waals surface area (Å²) in [6, 6.07) is 5.99. The van der Waals surface area contributed by atoms with E-state index in [4.69, 9.17) is 34.0 Å². The minimum atomic E-state index is -1.82. The largest absolute Gasteiger partial charge is 0.491 e. The third-order valence-corrected chi connectivity index (χ3v) is 3.42. The van der Waals surface area contributed by atoms with Gasteiger partial charge in [0.2, 0.25) is 0 Å². The van der Waals surface area contributed by atoms with Crippen LogP contribution in [0.5, 0.6) is 5.75 Å². The molecule has 1 rings (SSSR count). The van der Waals surface area contributed by atoms with E-state index in [2.05, 4.69) is 21.2 Å². The van der Waals surface area contributed by atoms with E-state index in [0.29, 0.717) is 19.8 Å². The Hall–Kier alpha value is -1.68. The molecule has 0 heterocycles. The number of aryl methyl sites for hydroxylation is 1. The van der Waals surface area contributed by atoms with E-state index >= 15 is 0 Å². The normalized spacial score (nSPS) is 9.96. The molecule has 0 amide bonds. The first-order valence-corrected chi connectivity index (χ1v) is 8.80. The Morgan fingerprint density at radius 2 is 1.77 bits per heavy atom. The quantitative estimate of drug-likeness (QED) is 0.356. The van der Waals surface area contributed by atoms with Crippen molar-refractivity contribution >= 4 is 27.9 Å². The first-order chi connectivity index (χ1) is 12.4. The summed E-state index contributed by atoms with van der Waals surface area (Å²) < 4.78 is 17.2. The second kappa shape index (κ2) is 15.6. The molecule has 1 aromatic carbocycles. The minimum absolute atomic E-state index is 0.576. The number of hydrogen-bond acceptors (Lipinski definition) is 6.